The Morgan fingerprint density at radius 1 is 1.43 bits per heavy atom. The minimum atomic E-state index is 0. The van der Waals surface area contributed by atoms with Gasteiger partial charge in [-0.2, -0.15) is 11.8 Å². The van der Waals surface area contributed by atoms with Gasteiger partial charge in [0.2, 0.25) is 5.91 Å². The Balaban J connectivity index is 0.00000132. The molecule has 1 aliphatic rings. The Hall–Kier alpha value is -0.950. The van der Waals surface area contributed by atoms with Gasteiger partial charge in [-0.05, 0) is 12.1 Å². The van der Waals surface area contributed by atoms with Crippen molar-refractivity contribution in [2.75, 3.05) is 24.6 Å². The molecular weight excluding hydrogens is 355 g/mol. The number of carbonyl (C=O) groups is 1. The number of amides is 1. The Bertz CT molecular complexity index is 583. The molecule has 1 saturated heterocycles. The molecule has 3 rings (SSSR count). The van der Waals surface area contributed by atoms with Gasteiger partial charge in [0.1, 0.15) is 5.65 Å². The summed E-state index contributed by atoms with van der Waals surface area (Å²) in [6.07, 6.45) is 5.33. The van der Waals surface area contributed by atoms with Crippen LogP contribution in [0.15, 0.2) is 30.6 Å². The van der Waals surface area contributed by atoms with Crippen LogP contribution in [-0.2, 0) is 11.2 Å². The fraction of sp³-hybridized carbons (Fsp3) is 0.467. The maximum Gasteiger partial charge on any atom is 0.221 e. The van der Waals surface area contributed by atoms with E-state index in [9.17, 15) is 4.79 Å². The summed E-state index contributed by atoms with van der Waals surface area (Å²) in [5.74, 6) is 2.30. The number of hydrogen-bond acceptors (Lipinski definition) is 4. The molecule has 2 N–H and O–H groups in total. The summed E-state index contributed by atoms with van der Waals surface area (Å²) in [5, 5.41) is 6.36. The third-order valence-electron chi connectivity index (χ3n) is 3.55. The SMILES string of the molecule is Cl.Cl.O=C(CC1CSCCN1)NCCc1cn2ccccc2n1. The number of aromatic nitrogens is 2. The predicted octanol–water partition coefficient (Wildman–Crippen LogP) is 1.93. The molecule has 1 amide bonds. The smallest absolute Gasteiger partial charge is 0.221 e. The molecule has 2 aromatic heterocycles. The highest BCUT2D eigenvalue weighted by molar-refractivity contribution is 7.99. The molecule has 128 valence electrons. The topological polar surface area (TPSA) is 58.4 Å². The van der Waals surface area contributed by atoms with E-state index in [4.69, 9.17) is 0 Å². The van der Waals surface area contributed by atoms with Crippen molar-refractivity contribution in [1.29, 1.82) is 0 Å². The molecule has 0 saturated carbocycles. The van der Waals surface area contributed by atoms with E-state index >= 15 is 0 Å². The number of thioether (sulfide) groups is 1. The van der Waals surface area contributed by atoms with Crippen molar-refractivity contribution >= 4 is 48.1 Å². The molecule has 1 fully saturated rings. The van der Waals surface area contributed by atoms with E-state index in [0.717, 1.165) is 35.8 Å². The number of rotatable bonds is 5. The van der Waals surface area contributed by atoms with Crippen LogP contribution < -0.4 is 10.6 Å². The fourth-order valence-corrected chi connectivity index (χ4v) is 3.43. The third-order valence-corrected chi connectivity index (χ3v) is 4.68. The minimum absolute atomic E-state index is 0. The second-order valence-electron chi connectivity index (χ2n) is 5.23. The fourth-order valence-electron chi connectivity index (χ4n) is 2.48. The predicted molar refractivity (Wildman–Crippen MR) is 100 cm³/mol. The molecule has 23 heavy (non-hydrogen) atoms. The first-order chi connectivity index (χ1) is 10.3. The molecular formula is C15H22Cl2N4OS. The lowest BCUT2D eigenvalue weighted by molar-refractivity contribution is -0.121. The summed E-state index contributed by atoms with van der Waals surface area (Å²) in [7, 11) is 0. The summed E-state index contributed by atoms with van der Waals surface area (Å²) in [5.41, 5.74) is 1.95. The number of halogens is 2. The van der Waals surface area contributed by atoms with E-state index in [1.165, 1.54) is 0 Å². The number of nitrogens with zero attached hydrogens (tertiary/aromatic N) is 2. The van der Waals surface area contributed by atoms with Crippen LogP contribution in [0.2, 0.25) is 0 Å². The largest absolute Gasteiger partial charge is 0.356 e. The van der Waals surface area contributed by atoms with Crippen LogP contribution in [-0.4, -0.2) is 45.9 Å². The van der Waals surface area contributed by atoms with E-state index in [2.05, 4.69) is 15.6 Å². The van der Waals surface area contributed by atoms with E-state index in [0.29, 0.717) is 19.0 Å². The minimum Gasteiger partial charge on any atom is -0.356 e. The van der Waals surface area contributed by atoms with Crippen LogP contribution in [0.1, 0.15) is 12.1 Å². The van der Waals surface area contributed by atoms with Crippen molar-refractivity contribution in [3.8, 4) is 0 Å². The molecule has 5 nitrogen and oxygen atoms in total. The van der Waals surface area contributed by atoms with Gasteiger partial charge in [-0.3, -0.25) is 4.79 Å². The van der Waals surface area contributed by atoms with Crippen LogP contribution in [0.3, 0.4) is 0 Å². The van der Waals surface area contributed by atoms with Crippen molar-refractivity contribution < 1.29 is 4.79 Å². The van der Waals surface area contributed by atoms with E-state index in [1.807, 2.05) is 46.8 Å². The second kappa shape index (κ2) is 10.0. The zero-order chi connectivity index (χ0) is 14.5. The average Bonchev–Trinajstić information content (AvgIpc) is 2.91. The van der Waals surface area contributed by atoms with Gasteiger partial charge in [0.25, 0.3) is 0 Å². The Morgan fingerprint density at radius 3 is 3.04 bits per heavy atom. The molecule has 8 heteroatoms. The zero-order valence-electron chi connectivity index (χ0n) is 12.7. The van der Waals surface area contributed by atoms with Gasteiger partial charge in [-0.15, -0.1) is 24.8 Å². The first-order valence-corrected chi connectivity index (χ1v) is 8.47. The normalized spacial score (nSPS) is 17.1. The molecule has 0 aliphatic carbocycles. The molecule has 1 aliphatic heterocycles. The quantitative estimate of drug-likeness (QED) is 0.836. The van der Waals surface area contributed by atoms with E-state index in [1.54, 1.807) is 0 Å². The maximum atomic E-state index is 11.9. The van der Waals surface area contributed by atoms with Gasteiger partial charge in [0.15, 0.2) is 0 Å². The number of nitrogens with one attached hydrogen (secondary N) is 2. The molecule has 3 heterocycles. The summed E-state index contributed by atoms with van der Waals surface area (Å²) < 4.78 is 2.00. The first-order valence-electron chi connectivity index (χ1n) is 7.32. The van der Waals surface area contributed by atoms with Crippen LogP contribution >= 0.6 is 36.6 Å². The molecule has 0 spiro atoms. The summed E-state index contributed by atoms with van der Waals surface area (Å²) >= 11 is 1.91. The zero-order valence-corrected chi connectivity index (χ0v) is 15.2. The van der Waals surface area contributed by atoms with Gasteiger partial charge in [0, 0.05) is 55.9 Å². The van der Waals surface area contributed by atoms with Gasteiger partial charge >= 0.3 is 0 Å². The van der Waals surface area contributed by atoms with Gasteiger partial charge in [-0.25, -0.2) is 4.98 Å². The van der Waals surface area contributed by atoms with Crippen LogP contribution in [0, 0.1) is 0 Å². The van der Waals surface area contributed by atoms with Gasteiger partial charge in [0.05, 0.1) is 5.69 Å². The van der Waals surface area contributed by atoms with Crippen LogP contribution in [0.5, 0.6) is 0 Å². The first kappa shape index (κ1) is 20.1. The van der Waals surface area contributed by atoms with Crippen molar-refractivity contribution in [2.45, 2.75) is 18.9 Å². The lowest BCUT2D eigenvalue weighted by atomic mass is 10.2. The summed E-state index contributed by atoms with van der Waals surface area (Å²) in [6.45, 7) is 1.65. The molecule has 0 radical (unpaired) electrons. The van der Waals surface area contributed by atoms with Gasteiger partial charge < -0.3 is 15.0 Å². The number of hydrogen-bond donors (Lipinski definition) is 2. The van der Waals surface area contributed by atoms with Gasteiger partial charge in [-0.1, -0.05) is 6.07 Å². The molecule has 2 aromatic rings. The number of fused-ring (bicyclic) bond motifs is 1. The van der Waals surface area contributed by atoms with Crippen molar-refractivity contribution in [3.63, 3.8) is 0 Å². The number of imidazole rings is 1. The Kier molecular flexibility index (Phi) is 8.76. The summed E-state index contributed by atoms with van der Waals surface area (Å²) in [6, 6.07) is 6.26. The standard InChI is InChI=1S/C15H20N4OS.2ClH/c20-15(9-13-11-21-8-6-16-13)17-5-4-12-10-19-7-2-1-3-14(19)18-12;;/h1-3,7,10,13,16H,4-6,8-9,11H2,(H,17,20);2*1H. The maximum absolute atomic E-state index is 11.9. The van der Waals surface area contributed by atoms with E-state index in [-0.39, 0.29) is 30.7 Å². The van der Waals surface area contributed by atoms with E-state index < -0.39 is 0 Å². The number of carbonyl (C=O) groups excluding carboxylic acids is 1. The van der Waals surface area contributed by atoms with Crippen LogP contribution in [0.4, 0.5) is 0 Å². The van der Waals surface area contributed by atoms with Crippen LogP contribution in [0.25, 0.3) is 5.65 Å². The summed E-state index contributed by atoms with van der Waals surface area (Å²) in [4.78, 5) is 16.4. The Morgan fingerprint density at radius 2 is 2.30 bits per heavy atom. The molecule has 0 bridgehead atoms. The second-order valence-corrected chi connectivity index (χ2v) is 6.38. The third kappa shape index (κ3) is 5.88. The molecule has 1 unspecified atom stereocenters. The highest BCUT2D eigenvalue weighted by atomic mass is 35.5. The van der Waals surface area contributed by atoms with Crippen molar-refractivity contribution in [3.05, 3.63) is 36.3 Å². The Labute approximate surface area is 152 Å². The lowest BCUT2D eigenvalue weighted by Gasteiger charge is -2.22. The molecule has 0 aromatic carbocycles. The molecule has 1 atom stereocenters. The lowest BCUT2D eigenvalue weighted by Crippen LogP contribution is -2.41. The highest BCUT2D eigenvalue weighted by Gasteiger charge is 2.16. The average molecular weight is 377 g/mol. The van der Waals surface area contributed by atoms with Crippen molar-refractivity contribution in [2.24, 2.45) is 0 Å². The highest BCUT2D eigenvalue weighted by Crippen LogP contribution is 2.10. The monoisotopic (exact) mass is 376 g/mol. The number of pyridine rings is 1. The van der Waals surface area contributed by atoms with Crippen molar-refractivity contribution in [1.82, 2.24) is 20.0 Å².